The zero-order chi connectivity index (χ0) is 16.4. The molecule has 1 aliphatic rings. The van der Waals surface area contributed by atoms with Gasteiger partial charge in [0.2, 0.25) is 0 Å². The Morgan fingerprint density at radius 3 is 2.61 bits per heavy atom. The number of hydroxylamine groups is 1. The molecule has 4 heteroatoms. The number of hydrogen-bond acceptors (Lipinski definition) is 4. The van der Waals surface area contributed by atoms with Gasteiger partial charge in [-0.2, -0.15) is 0 Å². The first-order valence-corrected chi connectivity index (χ1v) is 7.97. The van der Waals surface area contributed by atoms with Crippen molar-refractivity contribution in [2.45, 2.75) is 27.0 Å². The maximum absolute atomic E-state index is 9.92. The van der Waals surface area contributed by atoms with Crippen molar-refractivity contribution in [2.75, 3.05) is 13.2 Å². The average Bonchev–Trinajstić information content (AvgIpc) is 2.85. The van der Waals surface area contributed by atoms with Gasteiger partial charge in [0.1, 0.15) is 12.8 Å². The van der Waals surface area contributed by atoms with Gasteiger partial charge >= 0.3 is 0 Å². The van der Waals surface area contributed by atoms with Gasteiger partial charge in [0.25, 0.3) is 0 Å². The van der Waals surface area contributed by atoms with E-state index in [2.05, 4.69) is 68.0 Å². The topological polar surface area (TPSA) is 53.5 Å². The summed E-state index contributed by atoms with van der Waals surface area (Å²) in [5, 5.41) is 15.4. The van der Waals surface area contributed by atoms with Crippen LogP contribution in [0.5, 0.6) is 0 Å². The largest absolute Gasteiger partial charge is 0.376 e. The van der Waals surface area contributed by atoms with E-state index in [0.29, 0.717) is 0 Å². The molecule has 0 fully saturated rings. The van der Waals surface area contributed by atoms with Crippen molar-refractivity contribution in [3.8, 4) is 0 Å². The summed E-state index contributed by atoms with van der Waals surface area (Å²) >= 11 is 0. The minimum Gasteiger partial charge on any atom is -0.376 e. The maximum atomic E-state index is 9.92. The van der Waals surface area contributed by atoms with E-state index in [-0.39, 0.29) is 12.0 Å². The molecule has 122 valence electrons. The summed E-state index contributed by atoms with van der Waals surface area (Å²) in [5.74, 6) is 0. The van der Waals surface area contributed by atoms with Crippen LogP contribution in [0.3, 0.4) is 0 Å². The van der Waals surface area contributed by atoms with Crippen molar-refractivity contribution < 1.29 is 9.94 Å². The molecule has 0 amide bonds. The van der Waals surface area contributed by atoms with Crippen molar-refractivity contribution in [1.29, 1.82) is 0 Å². The quantitative estimate of drug-likeness (QED) is 0.567. The molecule has 0 aliphatic heterocycles. The second-order valence-corrected chi connectivity index (χ2v) is 7.18. The highest BCUT2D eigenvalue weighted by molar-refractivity contribution is 6.08. The monoisotopic (exact) mass is 312 g/mol. The summed E-state index contributed by atoms with van der Waals surface area (Å²) < 4.78 is 0. The lowest BCUT2D eigenvalue weighted by Gasteiger charge is -2.22. The third-order valence-electron chi connectivity index (χ3n) is 3.82. The molecule has 0 saturated heterocycles. The van der Waals surface area contributed by atoms with Gasteiger partial charge in [-0.25, -0.2) is 0 Å². The second kappa shape index (κ2) is 6.32. The van der Waals surface area contributed by atoms with Gasteiger partial charge in [0, 0.05) is 12.1 Å². The summed E-state index contributed by atoms with van der Waals surface area (Å²) in [6.45, 7) is 7.26. The summed E-state index contributed by atoms with van der Waals surface area (Å²) in [5.41, 5.74) is 6.36. The van der Waals surface area contributed by atoms with E-state index in [9.17, 15) is 5.11 Å². The van der Waals surface area contributed by atoms with Gasteiger partial charge in [-0.3, -0.25) is 15.6 Å². The Kier molecular flexibility index (Phi) is 4.39. The van der Waals surface area contributed by atoms with E-state index < -0.39 is 6.23 Å². The maximum Gasteiger partial charge on any atom is 0.131 e. The molecule has 2 aromatic carbocycles. The Morgan fingerprint density at radius 1 is 1.13 bits per heavy atom. The lowest BCUT2D eigenvalue weighted by Crippen LogP contribution is -2.39. The van der Waals surface area contributed by atoms with Crippen LogP contribution >= 0.6 is 0 Å². The summed E-state index contributed by atoms with van der Waals surface area (Å²) in [4.78, 5) is 5.48. The van der Waals surface area contributed by atoms with Gasteiger partial charge in [-0.1, -0.05) is 57.2 Å². The molecule has 2 aromatic rings. The van der Waals surface area contributed by atoms with Gasteiger partial charge in [-0.15, -0.1) is 0 Å². The molecule has 3 N–H and O–H groups in total. The van der Waals surface area contributed by atoms with Crippen LogP contribution in [0.25, 0.3) is 22.5 Å². The predicted octanol–water partition coefficient (Wildman–Crippen LogP) is 3.13. The van der Waals surface area contributed by atoms with E-state index in [4.69, 9.17) is 4.84 Å². The number of nitrogens with one attached hydrogen (secondary N) is 2. The van der Waals surface area contributed by atoms with Crippen molar-refractivity contribution in [3.05, 3.63) is 47.5 Å². The van der Waals surface area contributed by atoms with Crippen LogP contribution < -0.4 is 10.8 Å². The Hall–Kier alpha value is -1.88. The van der Waals surface area contributed by atoms with Gasteiger partial charge in [0.05, 0.1) is 5.70 Å². The van der Waals surface area contributed by atoms with Crippen molar-refractivity contribution >= 4 is 22.5 Å². The Balaban J connectivity index is 1.58. The molecule has 0 bridgehead atoms. The standard InChI is InChI=1S/C19H24N2O2/c1-19(2,3)12-20-17(22)11-23-21-16-10-14-8-4-6-13-7-5-9-15(16)18(13)14/h4-10,17,20-22H,11-12H2,1-3H3/t17-/m1/s1. The Labute approximate surface area is 137 Å². The normalized spacial score (nSPS) is 14.9. The summed E-state index contributed by atoms with van der Waals surface area (Å²) in [6.07, 6.45) is 1.38. The highest BCUT2D eigenvalue weighted by atomic mass is 16.6. The lowest BCUT2D eigenvalue weighted by molar-refractivity contribution is -0.0134. The van der Waals surface area contributed by atoms with Gasteiger partial charge in [-0.05, 0) is 27.8 Å². The van der Waals surface area contributed by atoms with E-state index in [1.807, 2.05) is 6.07 Å². The van der Waals surface area contributed by atoms with Crippen LogP contribution in [0.1, 0.15) is 31.9 Å². The van der Waals surface area contributed by atoms with Crippen LogP contribution in [0, 0.1) is 5.41 Å². The van der Waals surface area contributed by atoms with Crippen LogP contribution in [0.4, 0.5) is 0 Å². The highest BCUT2D eigenvalue weighted by Crippen LogP contribution is 2.34. The molecular weight excluding hydrogens is 288 g/mol. The molecule has 1 aliphatic carbocycles. The van der Waals surface area contributed by atoms with Crippen molar-refractivity contribution in [1.82, 2.24) is 10.8 Å². The molecule has 23 heavy (non-hydrogen) atoms. The Bertz CT molecular complexity index is 726. The highest BCUT2D eigenvalue weighted by Gasteiger charge is 2.17. The number of benzene rings is 2. The van der Waals surface area contributed by atoms with E-state index in [0.717, 1.165) is 17.8 Å². The number of rotatable bonds is 6. The van der Waals surface area contributed by atoms with E-state index in [1.165, 1.54) is 16.3 Å². The summed E-state index contributed by atoms with van der Waals surface area (Å²) in [7, 11) is 0. The Morgan fingerprint density at radius 2 is 1.87 bits per heavy atom. The average molecular weight is 312 g/mol. The first-order valence-electron chi connectivity index (χ1n) is 7.97. The molecule has 3 rings (SSSR count). The minimum atomic E-state index is -0.693. The summed E-state index contributed by atoms with van der Waals surface area (Å²) in [6, 6.07) is 12.5. The second-order valence-electron chi connectivity index (χ2n) is 7.18. The van der Waals surface area contributed by atoms with Crippen molar-refractivity contribution in [2.24, 2.45) is 5.41 Å². The smallest absolute Gasteiger partial charge is 0.131 e. The third-order valence-corrected chi connectivity index (χ3v) is 3.82. The molecule has 4 nitrogen and oxygen atoms in total. The molecule has 0 radical (unpaired) electrons. The fourth-order valence-electron chi connectivity index (χ4n) is 2.71. The first-order chi connectivity index (χ1) is 10.9. The molecule has 0 unspecified atom stereocenters. The molecular formula is C19H24N2O2. The third kappa shape index (κ3) is 3.72. The van der Waals surface area contributed by atoms with Crippen LogP contribution in [0.2, 0.25) is 0 Å². The van der Waals surface area contributed by atoms with Gasteiger partial charge in [0.15, 0.2) is 0 Å². The number of aliphatic hydroxyl groups excluding tert-OH is 1. The van der Waals surface area contributed by atoms with E-state index >= 15 is 0 Å². The fraction of sp³-hybridized carbons (Fsp3) is 0.368. The van der Waals surface area contributed by atoms with Crippen molar-refractivity contribution in [3.63, 3.8) is 0 Å². The first kappa shape index (κ1) is 16.0. The zero-order valence-electron chi connectivity index (χ0n) is 13.9. The molecule has 0 spiro atoms. The molecule has 0 saturated carbocycles. The number of hydrogen-bond donors (Lipinski definition) is 3. The lowest BCUT2D eigenvalue weighted by atomic mass is 9.97. The predicted molar refractivity (Wildman–Crippen MR) is 94.4 cm³/mol. The molecule has 1 atom stereocenters. The SMILES string of the molecule is CC(C)(C)CN[C@H](O)CONC1=Cc2cccc3cccc1c23. The fourth-order valence-corrected chi connectivity index (χ4v) is 2.71. The zero-order valence-corrected chi connectivity index (χ0v) is 13.9. The number of aliphatic hydroxyl groups is 1. The molecule has 0 heterocycles. The van der Waals surface area contributed by atoms with E-state index in [1.54, 1.807) is 0 Å². The van der Waals surface area contributed by atoms with Crippen LogP contribution in [-0.4, -0.2) is 24.5 Å². The van der Waals surface area contributed by atoms with Gasteiger partial charge < -0.3 is 5.11 Å². The van der Waals surface area contributed by atoms with Crippen LogP contribution in [-0.2, 0) is 4.84 Å². The molecule has 0 aromatic heterocycles. The minimum absolute atomic E-state index is 0.125. The van der Waals surface area contributed by atoms with Crippen LogP contribution in [0.15, 0.2) is 36.4 Å².